The summed E-state index contributed by atoms with van der Waals surface area (Å²) in [6, 6.07) is 12.3. The largest absolute Gasteiger partial charge is 0.483 e. The first-order valence-electron chi connectivity index (χ1n) is 15.1. The number of benzene rings is 1. The monoisotopic (exact) mass is 616 g/mol. The van der Waals surface area contributed by atoms with Gasteiger partial charge >= 0.3 is 0 Å². The van der Waals surface area contributed by atoms with E-state index in [0.29, 0.717) is 35.2 Å². The van der Waals surface area contributed by atoms with Gasteiger partial charge in [-0.05, 0) is 93.4 Å². The van der Waals surface area contributed by atoms with E-state index in [2.05, 4.69) is 60.7 Å². The van der Waals surface area contributed by atoms with E-state index >= 15 is 0 Å². The normalized spacial score (nSPS) is 20.0. The lowest BCUT2D eigenvalue weighted by Crippen LogP contribution is -2.36. The highest BCUT2D eigenvalue weighted by Gasteiger charge is 2.44. The number of likely N-dealkylation sites (tertiary alicyclic amines) is 1. The topological polar surface area (TPSA) is 137 Å². The van der Waals surface area contributed by atoms with Gasteiger partial charge in [0.05, 0.1) is 17.9 Å². The molecule has 3 fully saturated rings. The van der Waals surface area contributed by atoms with Crippen LogP contribution < -0.4 is 16.0 Å². The first-order chi connectivity index (χ1) is 21.4. The molecule has 1 aliphatic heterocycles. The molecule has 0 radical (unpaired) electrons. The first-order valence-corrected chi connectivity index (χ1v) is 15.4. The number of nitrogens with zero attached hydrogens (tertiary/aromatic N) is 5. The molecule has 1 amide bonds. The van der Waals surface area contributed by atoms with Crippen molar-refractivity contribution in [2.75, 3.05) is 36.1 Å². The zero-order chi connectivity index (χ0) is 30.6. The van der Waals surface area contributed by atoms with Crippen molar-refractivity contribution < 1.29 is 14.7 Å². The molecule has 4 heterocycles. The number of carbonyl (C=O) groups is 2. The van der Waals surface area contributed by atoms with Gasteiger partial charge in [-0.3, -0.25) is 9.59 Å². The van der Waals surface area contributed by atoms with E-state index in [1.165, 1.54) is 24.7 Å². The Labute approximate surface area is 261 Å². The third kappa shape index (κ3) is 7.28. The number of carboxylic acid groups (broad SMARTS) is 1. The number of pyridine rings is 1. The zero-order valence-corrected chi connectivity index (χ0v) is 25.4. The fourth-order valence-electron chi connectivity index (χ4n) is 5.89. The summed E-state index contributed by atoms with van der Waals surface area (Å²) in [5, 5.41) is 17.7. The van der Waals surface area contributed by atoms with E-state index in [4.69, 9.17) is 26.5 Å². The van der Waals surface area contributed by atoms with Gasteiger partial charge in [0.25, 0.3) is 6.47 Å². The second-order valence-corrected chi connectivity index (χ2v) is 12.3. The number of nitrogens with one attached hydrogen (secondary N) is 3. The molecule has 44 heavy (non-hydrogen) atoms. The van der Waals surface area contributed by atoms with Crippen LogP contribution in [0, 0.1) is 5.92 Å². The number of halogens is 1. The molecule has 3 aliphatic rings. The fourth-order valence-corrected chi connectivity index (χ4v) is 6.09. The summed E-state index contributed by atoms with van der Waals surface area (Å²) in [4.78, 5) is 37.2. The quantitative estimate of drug-likeness (QED) is 0.187. The van der Waals surface area contributed by atoms with Crippen molar-refractivity contribution in [3.8, 4) is 0 Å². The smallest absolute Gasteiger partial charge is 0.290 e. The highest BCUT2D eigenvalue weighted by Crippen LogP contribution is 2.48. The maximum absolute atomic E-state index is 12.9. The summed E-state index contributed by atoms with van der Waals surface area (Å²) in [7, 11) is 2.19. The van der Waals surface area contributed by atoms with E-state index in [-0.39, 0.29) is 24.2 Å². The van der Waals surface area contributed by atoms with Gasteiger partial charge in [-0.1, -0.05) is 23.7 Å². The molecule has 0 spiro atoms. The van der Waals surface area contributed by atoms with E-state index in [1.54, 1.807) is 6.07 Å². The third-order valence-corrected chi connectivity index (χ3v) is 8.76. The highest BCUT2D eigenvalue weighted by molar-refractivity contribution is 6.30. The van der Waals surface area contributed by atoms with Gasteiger partial charge in [0.1, 0.15) is 18.0 Å². The molecule has 7 rings (SSSR count). The lowest BCUT2D eigenvalue weighted by molar-refractivity contribution is -0.123. The molecular formula is C32H37ClN8O3. The van der Waals surface area contributed by atoms with Crippen LogP contribution >= 0.6 is 11.6 Å². The highest BCUT2D eigenvalue weighted by atomic mass is 35.5. The van der Waals surface area contributed by atoms with Crippen LogP contribution in [0.15, 0.2) is 55.1 Å². The van der Waals surface area contributed by atoms with E-state index in [0.717, 1.165) is 54.9 Å². The van der Waals surface area contributed by atoms with Crippen molar-refractivity contribution in [2.45, 2.75) is 56.5 Å². The maximum Gasteiger partial charge on any atom is 0.290 e. The van der Waals surface area contributed by atoms with E-state index in [9.17, 15) is 4.79 Å². The number of anilines is 3. The molecule has 12 heteroatoms. The molecule has 1 aromatic carbocycles. The van der Waals surface area contributed by atoms with Gasteiger partial charge in [-0.2, -0.15) is 0 Å². The number of rotatable bonds is 9. The minimum Gasteiger partial charge on any atom is -0.483 e. The molecule has 11 nitrogen and oxygen atoms in total. The van der Waals surface area contributed by atoms with Crippen LogP contribution in [0.3, 0.4) is 0 Å². The number of hydrogen-bond donors (Lipinski definition) is 4. The second-order valence-electron chi connectivity index (χ2n) is 11.9. The third-order valence-electron chi connectivity index (χ3n) is 8.52. The summed E-state index contributed by atoms with van der Waals surface area (Å²) in [5.74, 6) is 1.87. The van der Waals surface area contributed by atoms with E-state index in [1.807, 2.05) is 24.3 Å². The number of carbonyl (C=O) groups excluding carboxylic acids is 1. The standard InChI is InChI=1S/C31H35ClN8O.CH2O2/c1-39-9-7-23(8-10-39)36-27-12-21(19-5-6-19)16-40-17-24(37-30(27)40)15-33-28-14-29(35-18-34-28)38-31(41)26-13-25(26)20-3-2-4-22(32)11-20;2-1-3/h2-4,11-12,14,16-19,23,25-26,36H,5-10,13,15H2,1H3,(H2,33,34,35,38,41);1H,(H,2,3)/t25-,26+;/m1./s1. The fraction of sp³-hybridized carbons (Fsp3) is 0.406. The summed E-state index contributed by atoms with van der Waals surface area (Å²) in [6.45, 7) is 2.49. The molecule has 4 aromatic rings. The zero-order valence-electron chi connectivity index (χ0n) is 24.6. The Hall–Kier alpha value is -4.22. The van der Waals surface area contributed by atoms with Crippen molar-refractivity contribution in [2.24, 2.45) is 5.92 Å². The Morgan fingerprint density at radius 2 is 1.84 bits per heavy atom. The number of aromatic nitrogens is 4. The summed E-state index contributed by atoms with van der Waals surface area (Å²) in [6.07, 6.45) is 11.4. The Bertz CT molecular complexity index is 1630. The van der Waals surface area contributed by atoms with Crippen LogP contribution in [-0.4, -0.2) is 67.9 Å². The SMILES string of the molecule is CN1CCC(Nc2cc(C3CC3)cn3cc(CNc4cc(NC(=O)[C@H]5C[C@@H]5c5cccc(Cl)c5)ncn4)nc23)CC1.O=CO. The van der Waals surface area contributed by atoms with Crippen LogP contribution in [-0.2, 0) is 16.1 Å². The molecule has 1 saturated heterocycles. The van der Waals surface area contributed by atoms with Crippen LogP contribution in [0.25, 0.3) is 5.65 Å². The lowest BCUT2D eigenvalue weighted by Gasteiger charge is -2.30. The molecule has 2 saturated carbocycles. The number of amides is 1. The average molecular weight is 617 g/mol. The minimum atomic E-state index is -0.250. The average Bonchev–Trinajstić information content (AvgIpc) is 3.94. The van der Waals surface area contributed by atoms with Crippen LogP contribution in [0.4, 0.5) is 17.3 Å². The molecular weight excluding hydrogens is 580 g/mol. The van der Waals surface area contributed by atoms with Gasteiger partial charge in [-0.15, -0.1) is 0 Å². The van der Waals surface area contributed by atoms with Gasteiger partial charge in [0.2, 0.25) is 5.91 Å². The molecule has 4 N–H and O–H groups in total. The molecule has 230 valence electrons. The molecule has 2 atom stereocenters. The summed E-state index contributed by atoms with van der Waals surface area (Å²) in [5.41, 5.74) is 5.49. The van der Waals surface area contributed by atoms with Crippen molar-refractivity contribution in [1.29, 1.82) is 0 Å². The number of imidazole rings is 1. The summed E-state index contributed by atoms with van der Waals surface area (Å²) >= 11 is 6.13. The Balaban J connectivity index is 0.00000110. The Morgan fingerprint density at radius 1 is 1.07 bits per heavy atom. The molecule has 3 aromatic heterocycles. The number of fused-ring (bicyclic) bond motifs is 1. The predicted molar refractivity (Wildman–Crippen MR) is 170 cm³/mol. The minimum absolute atomic E-state index is 0.0314. The first kappa shape index (κ1) is 29.8. The van der Waals surface area contributed by atoms with Crippen LogP contribution in [0.5, 0.6) is 0 Å². The number of hydrogen-bond acceptors (Lipinski definition) is 8. The molecule has 2 aliphatic carbocycles. The van der Waals surface area contributed by atoms with E-state index < -0.39 is 0 Å². The van der Waals surface area contributed by atoms with Crippen LogP contribution in [0.2, 0.25) is 5.02 Å². The van der Waals surface area contributed by atoms with Crippen LogP contribution in [0.1, 0.15) is 60.8 Å². The van der Waals surface area contributed by atoms with Gasteiger partial charge in [0, 0.05) is 35.4 Å². The van der Waals surface area contributed by atoms with Gasteiger partial charge in [-0.25, -0.2) is 15.0 Å². The van der Waals surface area contributed by atoms with Crippen molar-refractivity contribution in [3.05, 3.63) is 77.0 Å². The molecule has 0 bridgehead atoms. The second kappa shape index (κ2) is 13.2. The Kier molecular flexibility index (Phi) is 8.94. The number of piperidine rings is 1. The maximum atomic E-state index is 12.9. The predicted octanol–water partition coefficient (Wildman–Crippen LogP) is 5.22. The molecule has 0 unspecified atom stereocenters. The Morgan fingerprint density at radius 3 is 2.59 bits per heavy atom. The summed E-state index contributed by atoms with van der Waals surface area (Å²) < 4.78 is 2.17. The van der Waals surface area contributed by atoms with Crippen molar-refractivity contribution in [1.82, 2.24) is 24.3 Å². The van der Waals surface area contributed by atoms with Gasteiger partial charge in [0.15, 0.2) is 5.65 Å². The van der Waals surface area contributed by atoms with Gasteiger partial charge < -0.3 is 30.4 Å². The lowest BCUT2D eigenvalue weighted by atomic mass is 10.0. The van der Waals surface area contributed by atoms with Crippen molar-refractivity contribution in [3.63, 3.8) is 0 Å². The van der Waals surface area contributed by atoms with Crippen molar-refractivity contribution >= 4 is 47.0 Å².